The Hall–Kier alpha value is -1.71. The van der Waals surface area contributed by atoms with Gasteiger partial charge in [-0.25, -0.2) is 18.1 Å². The van der Waals surface area contributed by atoms with Crippen molar-refractivity contribution in [1.29, 1.82) is 0 Å². The molecule has 0 aromatic carbocycles. The van der Waals surface area contributed by atoms with E-state index in [-0.39, 0.29) is 11.6 Å². The van der Waals surface area contributed by atoms with Gasteiger partial charge in [0, 0.05) is 17.8 Å². The number of oxazole rings is 1. The smallest absolute Gasteiger partial charge is 0.260 e. The Morgan fingerprint density at radius 1 is 1.35 bits per heavy atom. The Bertz CT molecular complexity index is 689. The lowest BCUT2D eigenvalue weighted by molar-refractivity contribution is 0.463. The van der Waals surface area contributed by atoms with Crippen LogP contribution >= 0.6 is 0 Å². The lowest BCUT2D eigenvalue weighted by atomic mass is 10.3. The zero-order valence-corrected chi connectivity index (χ0v) is 12.3. The van der Waals surface area contributed by atoms with E-state index in [0.29, 0.717) is 29.5 Å². The number of sulfonamides is 1. The number of aromatic amines is 1. The van der Waals surface area contributed by atoms with E-state index in [1.165, 1.54) is 6.20 Å². The van der Waals surface area contributed by atoms with E-state index in [1.54, 1.807) is 20.9 Å². The van der Waals surface area contributed by atoms with E-state index in [1.807, 2.05) is 0 Å². The van der Waals surface area contributed by atoms with Crippen molar-refractivity contribution in [3.8, 4) is 0 Å². The molecule has 0 saturated heterocycles. The van der Waals surface area contributed by atoms with Gasteiger partial charge in [0.1, 0.15) is 5.76 Å². The van der Waals surface area contributed by atoms with Crippen molar-refractivity contribution >= 4 is 10.0 Å². The summed E-state index contributed by atoms with van der Waals surface area (Å²) in [5.74, 6) is 0.944. The number of aryl methyl sites for hydroxylation is 2. The second kappa shape index (κ2) is 5.73. The highest BCUT2D eigenvalue weighted by Gasteiger charge is 2.23. The minimum Gasteiger partial charge on any atom is -0.445 e. The predicted octanol–water partition coefficient (Wildman–Crippen LogP) is 0.212. The van der Waals surface area contributed by atoms with Crippen LogP contribution in [0.1, 0.15) is 22.9 Å². The van der Waals surface area contributed by atoms with Gasteiger partial charge in [-0.05, 0) is 20.9 Å². The molecule has 3 N–H and O–H groups in total. The zero-order valence-electron chi connectivity index (χ0n) is 11.5. The molecule has 0 aliphatic carbocycles. The molecule has 9 heteroatoms. The number of rotatable bonds is 6. The van der Waals surface area contributed by atoms with E-state index in [9.17, 15) is 8.42 Å². The third kappa shape index (κ3) is 3.06. The summed E-state index contributed by atoms with van der Waals surface area (Å²) in [4.78, 5) is 3.94. The average Bonchev–Trinajstić information content (AvgIpc) is 2.96. The second-order valence-corrected chi connectivity index (χ2v) is 6.03. The number of hydrogen-bond acceptors (Lipinski definition) is 6. The Kier molecular flexibility index (Phi) is 4.21. The minimum atomic E-state index is -3.71. The first-order valence-corrected chi connectivity index (χ1v) is 7.51. The molecule has 0 radical (unpaired) electrons. The van der Waals surface area contributed by atoms with Gasteiger partial charge in [0.15, 0.2) is 5.03 Å². The molecule has 2 rings (SSSR count). The molecule has 0 amide bonds. The van der Waals surface area contributed by atoms with Crippen LogP contribution in [0.5, 0.6) is 0 Å². The first kappa shape index (κ1) is 14.7. The van der Waals surface area contributed by atoms with Crippen molar-refractivity contribution in [3.63, 3.8) is 0 Å². The molecule has 2 aromatic heterocycles. The van der Waals surface area contributed by atoms with Crippen molar-refractivity contribution in [2.24, 2.45) is 0 Å². The van der Waals surface area contributed by atoms with Gasteiger partial charge in [0.2, 0.25) is 5.89 Å². The summed E-state index contributed by atoms with van der Waals surface area (Å²) in [5, 5.41) is 9.45. The molecule has 0 aliphatic rings. The third-order valence-corrected chi connectivity index (χ3v) is 4.10. The maximum absolute atomic E-state index is 12.2. The molecule has 0 aliphatic heterocycles. The maximum Gasteiger partial charge on any atom is 0.260 e. The predicted molar refractivity (Wildman–Crippen MR) is 71.4 cm³/mol. The van der Waals surface area contributed by atoms with E-state index in [0.717, 1.165) is 0 Å². The molecule has 0 bridgehead atoms. The third-order valence-electron chi connectivity index (χ3n) is 2.73. The van der Waals surface area contributed by atoms with Crippen LogP contribution in [-0.2, 0) is 23.1 Å². The first-order chi connectivity index (χ1) is 9.44. The number of aromatic nitrogens is 3. The van der Waals surface area contributed by atoms with Crippen LogP contribution in [0.25, 0.3) is 0 Å². The highest BCUT2D eigenvalue weighted by molar-refractivity contribution is 7.89. The fraction of sp³-hybridized carbons (Fsp3) is 0.455. The van der Waals surface area contributed by atoms with E-state index in [4.69, 9.17) is 4.42 Å². The van der Waals surface area contributed by atoms with Crippen molar-refractivity contribution in [2.75, 3.05) is 7.05 Å². The molecule has 2 aromatic rings. The Morgan fingerprint density at radius 3 is 2.70 bits per heavy atom. The van der Waals surface area contributed by atoms with Gasteiger partial charge >= 0.3 is 0 Å². The van der Waals surface area contributed by atoms with Gasteiger partial charge in [0.25, 0.3) is 10.0 Å². The average molecular weight is 299 g/mol. The van der Waals surface area contributed by atoms with Crippen LogP contribution in [0, 0.1) is 13.8 Å². The van der Waals surface area contributed by atoms with Crippen LogP contribution < -0.4 is 10.0 Å². The topological polar surface area (TPSA) is 113 Å². The van der Waals surface area contributed by atoms with Crippen molar-refractivity contribution in [1.82, 2.24) is 25.2 Å². The molecule has 2 heterocycles. The normalized spacial score (nSPS) is 11.9. The summed E-state index contributed by atoms with van der Waals surface area (Å²) in [6, 6.07) is 0. The molecule has 20 heavy (non-hydrogen) atoms. The Morgan fingerprint density at radius 2 is 2.10 bits per heavy atom. The summed E-state index contributed by atoms with van der Waals surface area (Å²) in [6.07, 6.45) is 1.54. The maximum atomic E-state index is 12.2. The molecule has 8 nitrogen and oxygen atoms in total. The van der Waals surface area contributed by atoms with E-state index in [2.05, 4.69) is 25.2 Å². The van der Waals surface area contributed by atoms with E-state index < -0.39 is 10.0 Å². The first-order valence-electron chi connectivity index (χ1n) is 6.03. The number of nitrogens with one attached hydrogen (secondary N) is 3. The molecule has 0 fully saturated rings. The minimum absolute atomic E-state index is 0.00683. The van der Waals surface area contributed by atoms with Crippen LogP contribution in [0.4, 0.5) is 0 Å². The molecular formula is C11H17N5O3S. The quantitative estimate of drug-likeness (QED) is 0.703. The van der Waals surface area contributed by atoms with Gasteiger partial charge in [-0.3, -0.25) is 5.10 Å². The molecule has 0 saturated carbocycles. The lowest BCUT2D eigenvalue weighted by Gasteiger charge is -2.05. The van der Waals surface area contributed by atoms with Crippen LogP contribution in [0.3, 0.4) is 0 Å². The van der Waals surface area contributed by atoms with Crippen molar-refractivity contribution < 1.29 is 12.8 Å². The molecule has 0 spiro atoms. The monoisotopic (exact) mass is 299 g/mol. The summed E-state index contributed by atoms with van der Waals surface area (Å²) in [7, 11) is -1.97. The van der Waals surface area contributed by atoms with Gasteiger partial charge in [-0.2, -0.15) is 5.10 Å². The molecule has 110 valence electrons. The summed E-state index contributed by atoms with van der Waals surface area (Å²) in [5.41, 5.74) is 1.33. The summed E-state index contributed by atoms with van der Waals surface area (Å²) in [6.45, 7) is 3.92. The van der Waals surface area contributed by atoms with Crippen LogP contribution in [0.15, 0.2) is 15.6 Å². The van der Waals surface area contributed by atoms with Crippen molar-refractivity contribution in [2.45, 2.75) is 32.0 Å². The number of hydrogen-bond donors (Lipinski definition) is 3. The molecule has 0 atom stereocenters. The second-order valence-electron chi connectivity index (χ2n) is 4.35. The highest BCUT2D eigenvalue weighted by atomic mass is 32.2. The molecule has 0 unspecified atom stereocenters. The highest BCUT2D eigenvalue weighted by Crippen LogP contribution is 2.16. The Balaban J connectivity index is 2.18. The zero-order chi connectivity index (χ0) is 14.8. The fourth-order valence-corrected chi connectivity index (χ4v) is 2.91. The van der Waals surface area contributed by atoms with Crippen molar-refractivity contribution in [3.05, 3.63) is 29.1 Å². The lowest BCUT2D eigenvalue weighted by Crippen LogP contribution is -2.25. The standard InChI is InChI=1S/C11H17N5O3S/c1-7-4-13-10(19-7)6-14-20(17,18)11-9(5-12-3)8(2)15-16-11/h4,12,14H,5-6H2,1-3H3,(H,15,16). The van der Waals surface area contributed by atoms with E-state index >= 15 is 0 Å². The number of H-pyrrole nitrogens is 1. The fourth-order valence-electron chi connectivity index (χ4n) is 1.75. The summed E-state index contributed by atoms with van der Waals surface area (Å²) >= 11 is 0. The Labute approximate surface area is 117 Å². The van der Waals surface area contributed by atoms with Crippen LogP contribution in [0.2, 0.25) is 0 Å². The molecular weight excluding hydrogens is 282 g/mol. The van der Waals surface area contributed by atoms with Gasteiger partial charge in [0.05, 0.1) is 12.7 Å². The SMILES string of the molecule is CNCc1c(S(=O)(=O)NCc2ncc(C)o2)n[nH]c1C. The number of nitrogens with zero attached hydrogens (tertiary/aromatic N) is 2. The largest absolute Gasteiger partial charge is 0.445 e. The van der Waals surface area contributed by atoms with Gasteiger partial charge in [-0.15, -0.1) is 0 Å². The summed E-state index contributed by atoms with van der Waals surface area (Å²) < 4.78 is 32.1. The van der Waals surface area contributed by atoms with Gasteiger partial charge in [-0.1, -0.05) is 0 Å². The van der Waals surface area contributed by atoms with Gasteiger partial charge < -0.3 is 9.73 Å². The van der Waals surface area contributed by atoms with Crippen LogP contribution in [-0.4, -0.2) is 30.6 Å².